The quantitative estimate of drug-likeness (QED) is 0.533. The van der Waals surface area contributed by atoms with E-state index in [9.17, 15) is 4.79 Å². The first kappa shape index (κ1) is 9.32. The summed E-state index contributed by atoms with van der Waals surface area (Å²) in [7, 11) is 0. The van der Waals surface area contributed by atoms with Gasteiger partial charge in [0.25, 0.3) is 0 Å². The molecule has 1 aromatic rings. The van der Waals surface area contributed by atoms with Gasteiger partial charge < -0.3 is 10.8 Å². The molecule has 0 amide bonds. The molecule has 0 aliphatic carbocycles. The first-order valence-electron chi connectivity index (χ1n) is 3.87. The Kier molecular flexibility index (Phi) is 2.69. The van der Waals surface area contributed by atoms with Crippen LogP contribution < -0.4 is 5.73 Å². The number of hydrogen-bond donors (Lipinski definition) is 2. The summed E-state index contributed by atoms with van der Waals surface area (Å²) in [5.74, 6) is -0.959. The zero-order valence-electron chi connectivity index (χ0n) is 7.32. The molecule has 0 atom stereocenters. The van der Waals surface area contributed by atoms with Crippen molar-refractivity contribution in [2.45, 2.75) is 6.92 Å². The van der Waals surface area contributed by atoms with Crippen LogP contribution in [0.25, 0.3) is 6.08 Å². The van der Waals surface area contributed by atoms with Crippen molar-refractivity contribution in [1.29, 1.82) is 0 Å². The van der Waals surface area contributed by atoms with Crippen molar-refractivity contribution in [2.24, 2.45) is 0 Å². The van der Waals surface area contributed by atoms with Crippen molar-refractivity contribution in [3.63, 3.8) is 0 Å². The number of nitrogens with two attached hydrogens (primary N) is 1. The SMILES string of the molecule is Cc1ccc(C=CC(=O)O)cc1N. The molecule has 0 aromatic heterocycles. The number of rotatable bonds is 2. The molecule has 1 aromatic carbocycles. The first-order valence-corrected chi connectivity index (χ1v) is 3.87. The molecule has 3 nitrogen and oxygen atoms in total. The molecular formula is C10H11NO2. The van der Waals surface area contributed by atoms with E-state index < -0.39 is 5.97 Å². The van der Waals surface area contributed by atoms with Crippen LogP contribution in [-0.4, -0.2) is 11.1 Å². The fourth-order valence-corrected chi connectivity index (χ4v) is 0.930. The maximum Gasteiger partial charge on any atom is 0.328 e. The number of hydrogen-bond acceptors (Lipinski definition) is 2. The van der Waals surface area contributed by atoms with E-state index in [1.165, 1.54) is 6.08 Å². The van der Waals surface area contributed by atoms with Gasteiger partial charge in [-0.3, -0.25) is 0 Å². The molecule has 0 unspecified atom stereocenters. The Labute approximate surface area is 76.5 Å². The molecule has 0 aliphatic rings. The van der Waals surface area contributed by atoms with Gasteiger partial charge in [0, 0.05) is 11.8 Å². The van der Waals surface area contributed by atoms with Gasteiger partial charge in [0.05, 0.1) is 0 Å². The summed E-state index contributed by atoms with van der Waals surface area (Å²) in [6.45, 7) is 1.90. The molecule has 68 valence electrons. The maximum absolute atomic E-state index is 10.2. The molecule has 1 rings (SSSR count). The summed E-state index contributed by atoms with van der Waals surface area (Å²) in [6.07, 6.45) is 2.60. The summed E-state index contributed by atoms with van der Waals surface area (Å²) >= 11 is 0. The predicted molar refractivity (Wildman–Crippen MR) is 52.3 cm³/mol. The van der Waals surface area contributed by atoms with Crippen molar-refractivity contribution in [3.8, 4) is 0 Å². The summed E-state index contributed by atoms with van der Waals surface area (Å²) in [4.78, 5) is 10.2. The van der Waals surface area contributed by atoms with Crippen molar-refractivity contribution in [2.75, 3.05) is 5.73 Å². The first-order chi connectivity index (χ1) is 6.09. The molecule has 0 saturated heterocycles. The van der Waals surface area contributed by atoms with E-state index >= 15 is 0 Å². The molecule has 13 heavy (non-hydrogen) atoms. The summed E-state index contributed by atoms with van der Waals surface area (Å²) in [5.41, 5.74) is 8.11. The normalized spacial score (nSPS) is 10.5. The maximum atomic E-state index is 10.2. The minimum absolute atomic E-state index is 0.674. The fourth-order valence-electron chi connectivity index (χ4n) is 0.930. The van der Waals surface area contributed by atoms with Crippen LogP contribution in [0.2, 0.25) is 0 Å². The highest BCUT2D eigenvalue weighted by molar-refractivity contribution is 5.85. The van der Waals surface area contributed by atoms with Crippen molar-refractivity contribution in [3.05, 3.63) is 35.4 Å². The third-order valence-corrected chi connectivity index (χ3v) is 1.72. The second kappa shape index (κ2) is 3.76. The number of nitrogen functional groups attached to an aromatic ring is 1. The Morgan fingerprint density at radius 2 is 2.23 bits per heavy atom. The monoisotopic (exact) mass is 177 g/mol. The van der Waals surface area contributed by atoms with Gasteiger partial charge >= 0.3 is 5.97 Å². The second-order valence-corrected chi connectivity index (χ2v) is 2.79. The lowest BCUT2D eigenvalue weighted by molar-refractivity contribution is -0.131. The molecule has 0 radical (unpaired) electrons. The van der Waals surface area contributed by atoms with Gasteiger partial charge in [-0.2, -0.15) is 0 Å². The number of anilines is 1. The lowest BCUT2D eigenvalue weighted by Gasteiger charge is -1.99. The largest absolute Gasteiger partial charge is 0.478 e. The average Bonchev–Trinajstić information content (AvgIpc) is 2.07. The zero-order valence-corrected chi connectivity index (χ0v) is 7.32. The number of aryl methyl sites for hydroxylation is 1. The summed E-state index contributed by atoms with van der Waals surface area (Å²) < 4.78 is 0. The number of aliphatic carboxylic acids is 1. The van der Waals surface area contributed by atoms with Crippen LogP contribution in [0.4, 0.5) is 5.69 Å². The highest BCUT2D eigenvalue weighted by Gasteiger charge is 1.94. The van der Waals surface area contributed by atoms with E-state index in [0.717, 1.165) is 17.2 Å². The lowest BCUT2D eigenvalue weighted by atomic mass is 10.1. The van der Waals surface area contributed by atoms with E-state index in [0.29, 0.717) is 5.69 Å². The predicted octanol–water partition coefficient (Wildman–Crippen LogP) is 1.68. The van der Waals surface area contributed by atoms with Gasteiger partial charge in [0.15, 0.2) is 0 Å². The highest BCUT2D eigenvalue weighted by atomic mass is 16.4. The van der Waals surface area contributed by atoms with Gasteiger partial charge in [-0.1, -0.05) is 12.1 Å². The van der Waals surface area contributed by atoms with Crippen LogP contribution in [0.1, 0.15) is 11.1 Å². The zero-order chi connectivity index (χ0) is 9.84. The van der Waals surface area contributed by atoms with E-state index in [1.54, 1.807) is 6.07 Å². The Hall–Kier alpha value is -1.77. The third-order valence-electron chi connectivity index (χ3n) is 1.72. The van der Waals surface area contributed by atoms with Crippen LogP contribution in [0.3, 0.4) is 0 Å². The lowest BCUT2D eigenvalue weighted by Crippen LogP contribution is -1.90. The van der Waals surface area contributed by atoms with Crippen LogP contribution in [0.15, 0.2) is 24.3 Å². The molecule has 0 spiro atoms. The molecule has 0 saturated carbocycles. The Morgan fingerprint density at radius 1 is 1.54 bits per heavy atom. The standard InChI is InChI=1S/C10H11NO2/c1-7-2-3-8(6-9(7)11)4-5-10(12)13/h2-6H,11H2,1H3,(H,12,13). The fraction of sp³-hybridized carbons (Fsp3) is 0.100. The van der Waals surface area contributed by atoms with Crippen LogP contribution >= 0.6 is 0 Å². The van der Waals surface area contributed by atoms with Crippen molar-refractivity contribution >= 4 is 17.7 Å². The molecule has 0 heterocycles. The smallest absolute Gasteiger partial charge is 0.328 e. The number of benzene rings is 1. The van der Waals surface area contributed by atoms with Crippen LogP contribution in [0, 0.1) is 6.92 Å². The Morgan fingerprint density at radius 3 is 2.77 bits per heavy atom. The minimum Gasteiger partial charge on any atom is -0.478 e. The van der Waals surface area contributed by atoms with Crippen LogP contribution in [-0.2, 0) is 4.79 Å². The van der Waals surface area contributed by atoms with Crippen molar-refractivity contribution < 1.29 is 9.90 Å². The van der Waals surface area contributed by atoms with Gasteiger partial charge in [-0.15, -0.1) is 0 Å². The van der Waals surface area contributed by atoms with Crippen molar-refractivity contribution in [1.82, 2.24) is 0 Å². The molecule has 3 heteroatoms. The van der Waals surface area contributed by atoms with Gasteiger partial charge in [-0.05, 0) is 30.2 Å². The van der Waals surface area contributed by atoms with Gasteiger partial charge in [0.1, 0.15) is 0 Å². The molecule has 0 aliphatic heterocycles. The third kappa shape index (κ3) is 2.63. The Bertz CT molecular complexity index is 356. The van der Waals surface area contributed by atoms with Gasteiger partial charge in [-0.25, -0.2) is 4.79 Å². The number of carbonyl (C=O) groups is 1. The minimum atomic E-state index is -0.959. The number of carboxylic acid groups (broad SMARTS) is 1. The summed E-state index contributed by atoms with van der Waals surface area (Å²) in [6, 6.07) is 5.43. The molecule has 0 bridgehead atoms. The van der Waals surface area contributed by atoms with Crippen LogP contribution in [0.5, 0.6) is 0 Å². The topological polar surface area (TPSA) is 63.3 Å². The Balaban J connectivity index is 2.92. The molecule has 0 fully saturated rings. The second-order valence-electron chi connectivity index (χ2n) is 2.79. The van der Waals surface area contributed by atoms with E-state index in [-0.39, 0.29) is 0 Å². The van der Waals surface area contributed by atoms with E-state index in [2.05, 4.69) is 0 Å². The number of carboxylic acids is 1. The average molecular weight is 177 g/mol. The molecule has 3 N–H and O–H groups in total. The molecular weight excluding hydrogens is 166 g/mol. The van der Waals surface area contributed by atoms with Gasteiger partial charge in [0.2, 0.25) is 0 Å². The highest BCUT2D eigenvalue weighted by Crippen LogP contribution is 2.13. The van der Waals surface area contributed by atoms with E-state index in [4.69, 9.17) is 10.8 Å². The summed E-state index contributed by atoms with van der Waals surface area (Å²) in [5, 5.41) is 8.38. The van der Waals surface area contributed by atoms with E-state index in [1.807, 2.05) is 19.1 Å².